The van der Waals surface area contributed by atoms with Crippen LogP contribution in [0.5, 0.6) is 5.75 Å². The standard InChI is InChI=1S/C22H23N3O5/c1-15(25-12-5-10-23-25)21(26)24-11-4-7-16-6-3-8-18(20(16)24)30-14-19-17(9-13-29-19)22(27)28-2/h3,5-6,8-10,12-13,15H,4,7,11,14H2,1-2H3. The number of hydrogen-bond donors (Lipinski definition) is 0. The van der Waals surface area contributed by atoms with Gasteiger partial charge in [0.2, 0.25) is 0 Å². The third kappa shape index (κ3) is 3.68. The molecule has 156 valence electrons. The summed E-state index contributed by atoms with van der Waals surface area (Å²) in [6.45, 7) is 2.48. The first kappa shape index (κ1) is 19.8. The van der Waals surface area contributed by atoms with Crippen LogP contribution < -0.4 is 9.64 Å². The van der Waals surface area contributed by atoms with Crippen LogP contribution in [-0.2, 0) is 22.6 Å². The number of para-hydroxylation sites is 1. The zero-order valence-corrected chi connectivity index (χ0v) is 16.9. The van der Waals surface area contributed by atoms with E-state index in [1.54, 1.807) is 34.1 Å². The topological polar surface area (TPSA) is 86.8 Å². The number of amides is 1. The Morgan fingerprint density at radius 3 is 2.90 bits per heavy atom. The van der Waals surface area contributed by atoms with Crippen LogP contribution in [-0.4, -0.2) is 35.3 Å². The number of aryl methyl sites for hydroxylation is 1. The Kier molecular flexibility index (Phi) is 5.56. The maximum Gasteiger partial charge on any atom is 0.341 e. The van der Waals surface area contributed by atoms with Crippen molar-refractivity contribution in [3.05, 3.63) is 65.9 Å². The largest absolute Gasteiger partial charge is 0.483 e. The van der Waals surface area contributed by atoms with E-state index < -0.39 is 12.0 Å². The lowest BCUT2D eigenvalue weighted by atomic mass is 10.00. The minimum atomic E-state index is -0.484. The summed E-state index contributed by atoms with van der Waals surface area (Å²) in [6.07, 6.45) is 6.60. The van der Waals surface area contributed by atoms with E-state index in [9.17, 15) is 9.59 Å². The van der Waals surface area contributed by atoms with Crippen LogP contribution in [0, 0.1) is 0 Å². The van der Waals surface area contributed by atoms with Gasteiger partial charge in [-0.2, -0.15) is 5.10 Å². The van der Waals surface area contributed by atoms with Crippen molar-refractivity contribution in [1.82, 2.24) is 9.78 Å². The van der Waals surface area contributed by atoms with Gasteiger partial charge in [-0.3, -0.25) is 9.48 Å². The van der Waals surface area contributed by atoms with Gasteiger partial charge < -0.3 is 18.8 Å². The van der Waals surface area contributed by atoms with Crippen molar-refractivity contribution in [2.75, 3.05) is 18.6 Å². The summed E-state index contributed by atoms with van der Waals surface area (Å²) in [6, 6.07) is 8.64. The van der Waals surface area contributed by atoms with Gasteiger partial charge in [0.15, 0.2) is 5.76 Å². The number of ether oxygens (including phenoxy) is 2. The van der Waals surface area contributed by atoms with Crippen LogP contribution in [0.1, 0.15) is 41.1 Å². The highest BCUT2D eigenvalue weighted by molar-refractivity contribution is 5.98. The lowest BCUT2D eigenvalue weighted by Gasteiger charge is -2.33. The molecule has 1 aliphatic rings. The molecule has 8 nitrogen and oxygen atoms in total. The van der Waals surface area contributed by atoms with E-state index in [1.807, 2.05) is 25.1 Å². The molecule has 0 radical (unpaired) electrons. The van der Waals surface area contributed by atoms with Gasteiger partial charge in [0.25, 0.3) is 5.91 Å². The molecular formula is C22H23N3O5. The Morgan fingerprint density at radius 1 is 1.27 bits per heavy atom. The number of esters is 1. The molecule has 0 spiro atoms. The zero-order chi connectivity index (χ0) is 21.1. The summed E-state index contributed by atoms with van der Waals surface area (Å²) in [5, 5.41) is 4.20. The van der Waals surface area contributed by atoms with E-state index in [2.05, 4.69) is 5.10 Å². The van der Waals surface area contributed by atoms with Gasteiger partial charge in [-0.05, 0) is 43.5 Å². The molecule has 3 heterocycles. The normalized spacial score (nSPS) is 14.1. The third-order valence-electron chi connectivity index (χ3n) is 5.23. The molecule has 0 saturated heterocycles. The Morgan fingerprint density at radius 2 is 2.13 bits per heavy atom. The summed E-state index contributed by atoms with van der Waals surface area (Å²) in [5.41, 5.74) is 2.13. The van der Waals surface area contributed by atoms with Crippen LogP contribution in [0.15, 0.2) is 53.4 Å². The number of methoxy groups -OCH3 is 1. The van der Waals surface area contributed by atoms with Crippen LogP contribution in [0.3, 0.4) is 0 Å². The Labute approximate surface area is 174 Å². The van der Waals surface area contributed by atoms with E-state index >= 15 is 0 Å². The number of carbonyl (C=O) groups excluding carboxylic acids is 2. The lowest BCUT2D eigenvalue weighted by molar-refractivity contribution is -0.121. The number of fused-ring (bicyclic) bond motifs is 1. The average molecular weight is 409 g/mol. The molecule has 1 aliphatic heterocycles. The second kappa shape index (κ2) is 8.44. The SMILES string of the molecule is COC(=O)c1ccoc1COc1cccc2c1N(C(=O)C(C)n1cccn1)CCC2. The predicted octanol–water partition coefficient (Wildman–Crippen LogP) is 3.38. The molecule has 3 aromatic rings. The van der Waals surface area contributed by atoms with Crippen molar-refractivity contribution < 1.29 is 23.5 Å². The first-order chi connectivity index (χ1) is 14.6. The molecule has 0 fully saturated rings. The fraction of sp³-hybridized carbons (Fsp3) is 0.318. The van der Waals surface area contributed by atoms with Crippen LogP contribution >= 0.6 is 0 Å². The molecule has 2 aromatic heterocycles. The number of nitrogens with zero attached hydrogens (tertiary/aromatic N) is 3. The van der Waals surface area contributed by atoms with Gasteiger partial charge in [0.1, 0.15) is 24.0 Å². The van der Waals surface area contributed by atoms with Gasteiger partial charge in [-0.25, -0.2) is 4.79 Å². The molecule has 1 amide bonds. The number of aromatic nitrogens is 2. The third-order valence-corrected chi connectivity index (χ3v) is 5.23. The Bertz CT molecular complexity index is 1040. The minimum absolute atomic E-state index is 0.0463. The number of rotatable bonds is 6. The van der Waals surface area contributed by atoms with Gasteiger partial charge in [-0.15, -0.1) is 0 Å². The number of benzene rings is 1. The number of carbonyl (C=O) groups is 2. The van der Waals surface area contributed by atoms with Gasteiger partial charge in [-0.1, -0.05) is 12.1 Å². The number of furan rings is 1. The molecule has 0 N–H and O–H groups in total. The number of hydrogen-bond acceptors (Lipinski definition) is 6. The molecule has 30 heavy (non-hydrogen) atoms. The number of anilines is 1. The molecule has 1 aromatic carbocycles. The first-order valence-corrected chi connectivity index (χ1v) is 9.80. The summed E-state index contributed by atoms with van der Waals surface area (Å²) < 4.78 is 17.8. The lowest BCUT2D eigenvalue weighted by Crippen LogP contribution is -2.40. The highest BCUT2D eigenvalue weighted by Crippen LogP contribution is 2.38. The molecular weight excluding hydrogens is 386 g/mol. The molecule has 4 rings (SSSR count). The molecule has 0 saturated carbocycles. The second-order valence-corrected chi connectivity index (χ2v) is 7.06. The summed E-state index contributed by atoms with van der Waals surface area (Å²) in [5.74, 6) is 0.407. The van der Waals surface area contributed by atoms with Crippen LogP contribution in [0.2, 0.25) is 0 Å². The van der Waals surface area contributed by atoms with Crippen LogP contribution in [0.25, 0.3) is 0 Å². The van der Waals surface area contributed by atoms with Crippen molar-refractivity contribution in [2.45, 2.75) is 32.4 Å². The molecule has 8 heteroatoms. The minimum Gasteiger partial charge on any atom is -0.483 e. The zero-order valence-electron chi connectivity index (χ0n) is 16.9. The Balaban J connectivity index is 1.60. The second-order valence-electron chi connectivity index (χ2n) is 7.06. The van der Waals surface area contributed by atoms with Crippen molar-refractivity contribution in [2.24, 2.45) is 0 Å². The van der Waals surface area contributed by atoms with E-state index in [-0.39, 0.29) is 12.5 Å². The summed E-state index contributed by atoms with van der Waals surface area (Å²) >= 11 is 0. The summed E-state index contributed by atoms with van der Waals surface area (Å²) in [7, 11) is 1.32. The molecule has 0 aliphatic carbocycles. The Hall–Kier alpha value is -3.55. The molecule has 0 bridgehead atoms. The predicted molar refractivity (Wildman–Crippen MR) is 108 cm³/mol. The maximum absolute atomic E-state index is 13.3. The average Bonchev–Trinajstić information content (AvgIpc) is 3.48. The van der Waals surface area contributed by atoms with E-state index in [0.29, 0.717) is 23.6 Å². The van der Waals surface area contributed by atoms with Crippen molar-refractivity contribution in [3.8, 4) is 5.75 Å². The van der Waals surface area contributed by atoms with Crippen molar-refractivity contribution in [1.29, 1.82) is 0 Å². The van der Waals surface area contributed by atoms with Gasteiger partial charge >= 0.3 is 5.97 Å². The first-order valence-electron chi connectivity index (χ1n) is 9.80. The van der Waals surface area contributed by atoms with Crippen molar-refractivity contribution in [3.63, 3.8) is 0 Å². The summed E-state index contributed by atoms with van der Waals surface area (Å²) in [4.78, 5) is 26.9. The monoisotopic (exact) mass is 409 g/mol. The highest BCUT2D eigenvalue weighted by atomic mass is 16.5. The fourth-order valence-electron chi connectivity index (χ4n) is 3.69. The smallest absolute Gasteiger partial charge is 0.341 e. The van der Waals surface area contributed by atoms with E-state index in [0.717, 1.165) is 24.1 Å². The van der Waals surface area contributed by atoms with Gasteiger partial charge in [0, 0.05) is 18.9 Å². The van der Waals surface area contributed by atoms with Gasteiger partial charge in [0.05, 0.1) is 19.1 Å². The van der Waals surface area contributed by atoms with E-state index in [4.69, 9.17) is 13.9 Å². The van der Waals surface area contributed by atoms with E-state index in [1.165, 1.54) is 13.4 Å². The molecule has 1 unspecified atom stereocenters. The maximum atomic E-state index is 13.3. The fourth-order valence-corrected chi connectivity index (χ4v) is 3.69. The van der Waals surface area contributed by atoms with Crippen molar-refractivity contribution >= 4 is 17.6 Å². The quantitative estimate of drug-likeness (QED) is 0.580. The van der Waals surface area contributed by atoms with Crippen LogP contribution in [0.4, 0.5) is 5.69 Å². The highest BCUT2D eigenvalue weighted by Gasteiger charge is 2.30. The molecule has 1 atom stereocenters.